The Kier molecular flexibility index (Phi) is 5.37. The molecule has 1 saturated heterocycles. The molecule has 2 heterocycles. The van der Waals surface area contributed by atoms with Crippen molar-refractivity contribution >= 4 is 17.6 Å². The second kappa shape index (κ2) is 7.25. The zero-order valence-electron chi connectivity index (χ0n) is 12.2. The molecule has 2 rings (SSSR count). The Bertz CT molecular complexity index is 427. The van der Waals surface area contributed by atoms with Crippen LogP contribution in [0.15, 0.2) is 6.07 Å². The van der Waals surface area contributed by atoms with Crippen molar-refractivity contribution in [3.8, 4) is 0 Å². The highest BCUT2D eigenvalue weighted by molar-refractivity contribution is 5.50. The molecule has 4 N–H and O–H groups in total. The number of nitrogens with one attached hydrogen (secondary N) is 2. The first-order valence-electron chi connectivity index (χ1n) is 7.17. The van der Waals surface area contributed by atoms with Gasteiger partial charge in [-0.2, -0.15) is 9.97 Å². The molecule has 0 aromatic carbocycles. The molecule has 0 aliphatic carbocycles. The van der Waals surface area contributed by atoms with Crippen LogP contribution in [-0.2, 0) is 4.74 Å². The molecule has 1 aromatic heterocycles. The topological polar surface area (TPSA) is 88.3 Å². The first kappa shape index (κ1) is 14.8. The zero-order chi connectivity index (χ0) is 14.4. The van der Waals surface area contributed by atoms with Gasteiger partial charge >= 0.3 is 0 Å². The number of morpholine rings is 1. The van der Waals surface area contributed by atoms with Gasteiger partial charge in [0.1, 0.15) is 11.6 Å². The molecule has 1 unspecified atom stereocenters. The van der Waals surface area contributed by atoms with Gasteiger partial charge in [-0.25, -0.2) is 0 Å². The molecule has 1 aliphatic heterocycles. The van der Waals surface area contributed by atoms with E-state index in [9.17, 15) is 0 Å². The summed E-state index contributed by atoms with van der Waals surface area (Å²) in [5.74, 6) is 1.73. The van der Waals surface area contributed by atoms with Crippen molar-refractivity contribution in [1.29, 1.82) is 0 Å². The maximum Gasteiger partial charge on any atom is 0.223 e. The van der Waals surface area contributed by atoms with Crippen molar-refractivity contribution in [1.82, 2.24) is 14.9 Å². The fourth-order valence-electron chi connectivity index (χ4n) is 2.24. The van der Waals surface area contributed by atoms with Gasteiger partial charge in [0.2, 0.25) is 5.95 Å². The van der Waals surface area contributed by atoms with Crippen molar-refractivity contribution < 1.29 is 4.74 Å². The Labute approximate surface area is 119 Å². The highest BCUT2D eigenvalue weighted by atomic mass is 16.5. The predicted octanol–water partition coefficient (Wildman–Crippen LogP) is 0.623. The summed E-state index contributed by atoms with van der Waals surface area (Å²) in [6, 6.07) is 1.86. The molecule has 112 valence electrons. The Balaban J connectivity index is 1.89. The average Bonchev–Trinajstić information content (AvgIpc) is 2.45. The Morgan fingerprint density at radius 1 is 1.35 bits per heavy atom. The lowest BCUT2D eigenvalue weighted by Gasteiger charge is -2.32. The van der Waals surface area contributed by atoms with E-state index >= 15 is 0 Å². The SMILES string of the molecule is CCNc1cc(NCC2CN(CC)CCO2)nc(N)n1. The summed E-state index contributed by atoms with van der Waals surface area (Å²) in [5.41, 5.74) is 5.70. The minimum atomic E-state index is 0.183. The first-order chi connectivity index (χ1) is 9.71. The maximum atomic E-state index is 5.75. The molecular formula is C13H24N6O. The van der Waals surface area contributed by atoms with Gasteiger partial charge in [-0.1, -0.05) is 6.92 Å². The van der Waals surface area contributed by atoms with E-state index in [-0.39, 0.29) is 12.1 Å². The number of ether oxygens (including phenoxy) is 1. The average molecular weight is 280 g/mol. The molecule has 1 fully saturated rings. The summed E-state index contributed by atoms with van der Waals surface area (Å²) < 4.78 is 5.75. The van der Waals surface area contributed by atoms with E-state index in [2.05, 4.69) is 32.4 Å². The molecule has 0 radical (unpaired) electrons. The van der Waals surface area contributed by atoms with E-state index in [1.807, 2.05) is 13.0 Å². The van der Waals surface area contributed by atoms with Crippen LogP contribution in [0.3, 0.4) is 0 Å². The number of rotatable bonds is 6. The number of hydrogen-bond donors (Lipinski definition) is 3. The number of nitrogens with zero attached hydrogens (tertiary/aromatic N) is 3. The van der Waals surface area contributed by atoms with Crippen molar-refractivity contribution in [2.24, 2.45) is 0 Å². The van der Waals surface area contributed by atoms with E-state index in [4.69, 9.17) is 10.5 Å². The lowest BCUT2D eigenvalue weighted by atomic mass is 10.2. The lowest BCUT2D eigenvalue weighted by Crippen LogP contribution is -2.45. The Morgan fingerprint density at radius 2 is 2.10 bits per heavy atom. The third-order valence-corrected chi connectivity index (χ3v) is 3.28. The van der Waals surface area contributed by atoms with Gasteiger partial charge in [0.25, 0.3) is 0 Å². The quantitative estimate of drug-likeness (QED) is 0.704. The summed E-state index contributed by atoms with van der Waals surface area (Å²) >= 11 is 0. The normalized spacial score (nSPS) is 19.8. The van der Waals surface area contributed by atoms with Gasteiger partial charge < -0.3 is 21.1 Å². The molecule has 20 heavy (non-hydrogen) atoms. The fraction of sp³-hybridized carbons (Fsp3) is 0.692. The molecule has 0 amide bonds. The summed E-state index contributed by atoms with van der Waals surface area (Å²) in [4.78, 5) is 10.7. The van der Waals surface area contributed by atoms with E-state index < -0.39 is 0 Å². The molecule has 1 atom stereocenters. The van der Waals surface area contributed by atoms with E-state index in [1.165, 1.54) is 0 Å². The second-order valence-electron chi connectivity index (χ2n) is 4.79. The van der Waals surface area contributed by atoms with Crippen LogP contribution in [0.25, 0.3) is 0 Å². The van der Waals surface area contributed by atoms with Crippen molar-refractivity contribution in [2.75, 3.05) is 55.7 Å². The predicted molar refractivity (Wildman–Crippen MR) is 81.0 cm³/mol. The fourth-order valence-corrected chi connectivity index (χ4v) is 2.24. The number of aromatic nitrogens is 2. The molecule has 0 spiro atoms. The monoisotopic (exact) mass is 280 g/mol. The smallest absolute Gasteiger partial charge is 0.223 e. The molecule has 7 heteroatoms. The second-order valence-corrected chi connectivity index (χ2v) is 4.79. The van der Waals surface area contributed by atoms with Gasteiger partial charge in [0.15, 0.2) is 0 Å². The summed E-state index contributed by atoms with van der Waals surface area (Å²) in [6.07, 6.45) is 0.183. The number of nitrogens with two attached hydrogens (primary N) is 1. The summed E-state index contributed by atoms with van der Waals surface area (Å²) in [7, 11) is 0. The zero-order valence-corrected chi connectivity index (χ0v) is 12.2. The molecule has 7 nitrogen and oxygen atoms in total. The Morgan fingerprint density at radius 3 is 2.80 bits per heavy atom. The van der Waals surface area contributed by atoms with Crippen molar-refractivity contribution in [2.45, 2.75) is 20.0 Å². The van der Waals surface area contributed by atoms with Gasteiger partial charge in [-0.15, -0.1) is 0 Å². The van der Waals surface area contributed by atoms with Crippen LogP contribution in [0.2, 0.25) is 0 Å². The number of likely N-dealkylation sites (N-methyl/N-ethyl adjacent to an activating group) is 1. The largest absolute Gasteiger partial charge is 0.374 e. The number of hydrogen-bond acceptors (Lipinski definition) is 7. The Hall–Kier alpha value is -1.60. The standard InChI is InChI=1S/C13H24N6O/c1-3-15-11-7-12(18-13(14)17-11)16-8-10-9-19(4-2)5-6-20-10/h7,10H,3-6,8-9H2,1-2H3,(H4,14,15,16,17,18). The minimum absolute atomic E-state index is 0.183. The van der Waals surface area contributed by atoms with Crippen LogP contribution in [0, 0.1) is 0 Å². The molecule has 0 bridgehead atoms. The molecule has 1 aromatic rings. The number of nitrogen functional groups attached to an aromatic ring is 1. The highest BCUT2D eigenvalue weighted by Crippen LogP contribution is 2.13. The third kappa shape index (κ3) is 4.21. The van der Waals surface area contributed by atoms with Crippen molar-refractivity contribution in [3.05, 3.63) is 6.07 Å². The summed E-state index contributed by atoms with van der Waals surface area (Å²) in [6.45, 7) is 9.51. The number of anilines is 3. The van der Waals surface area contributed by atoms with Crippen LogP contribution in [0.1, 0.15) is 13.8 Å². The van der Waals surface area contributed by atoms with E-state index in [0.29, 0.717) is 0 Å². The van der Waals surface area contributed by atoms with E-state index in [1.54, 1.807) is 0 Å². The van der Waals surface area contributed by atoms with Gasteiger partial charge in [-0.05, 0) is 13.5 Å². The lowest BCUT2D eigenvalue weighted by molar-refractivity contribution is -0.0192. The van der Waals surface area contributed by atoms with Gasteiger partial charge in [0, 0.05) is 32.2 Å². The van der Waals surface area contributed by atoms with Crippen LogP contribution < -0.4 is 16.4 Å². The maximum absolute atomic E-state index is 5.75. The molecule has 1 aliphatic rings. The van der Waals surface area contributed by atoms with Crippen LogP contribution in [0.4, 0.5) is 17.6 Å². The summed E-state index contributed by atoms with van der Waals surface area (Å²) in [5, 5.41) is 6.41. The first-order valence-corrected chi connectivity index (χ1v) is 7.17. The van der Waals surface area contributed by atoms with Crippen LogP contribution >= 0.6 is 0 Å². The third-order valence-electron chi connectivity index (χ3n) is 3.28. The van der Waals surface area contributed by atoms with Gasteiger partial charge in [-0.3, -0.25) is 4.90 Å². The van der Waals surface area contributed by atoms with Gasteiger partial charge in [0.05, 0.1) is 12.7 Å². The minimum Gasteiger partial charge on any atom is -0.374 e. The van der Waals surface area contributed by atoms with Crippen LogP contribution in [0.5, 0.6) is 0 Å². The van der Waals surface area contributed by atoms with Crippen LogP contribution in [-0.4, -0.2) is 60.3 Å². The molecular weight excluding hydrogens is 256 g/mol. The van der Waals surface area contributed by atoms with E-state index in [0.717, 1.165) is 51.0 Å². The van der Waals surface area contributed by atoms with Crippen molar-refractivity contribution in [3.63, 3.8) is 0 Å². The highest BCUT2D eigenvalue weighted by Gasteiger charge is 2.19. The molecule has 0 saturated carbocycles.